The maximum absolute atomic E-state index is 9.41. The maximum atomic E-state index is 9.41. The fraction of sp³-hybridized carbons (Fsp3) is 0.714. The molecule has 1 aliphatic rings. The lowest BCUT2D eigenvalue weighted by Crippen LogP contribution is -2.52. The van der Waals surface area contributed by atoms with Crippen LogP contribution in [0.2, 0.25) is 0 Å². The van der Waals surface area contributed by atoms with Crippen molar-refractivity contribution in [2.24, 2.45) is 0 Å². The molecule has 0 fully saturated rings. The molecule has 0 aromatic carbocycles. The molecule has 0 amide bonds. The molecule has 0 aliphatic heterocycles. The van der Waals surface area contributed by atoms with E-state index in [1.54, 1.807) is 0 Å². The summed E-state index contributed by atoms with van der Waals surface area (Å²) in [4.78, 5) is 0. The first kappa shape index (κ1) is 8.67. The van der Waals surface area contributed by atoms with E-state index >= 15 is 0 Å². The van der Waals surface area contributed by atoms with Crippen LogP contribution < -0.4 is 0 Å². The van der Waals surface area contributed by atoms with E-state index in [1.807, 2.05) is 0 Å². The first-order valence-electron chi connectivity index (χ1n) is 3.46. The molecule has 4 nitrogen and oxygen atoms in total. The second kappa shape index (κ2) is 2.91. The molecular weight excluding hydrogens is 148 g/mol. The lowest BCUT2D eigenvalue weighted by Gasteiger charge is -2.34. The Balaban J connectivity index is 2.77. The van der Waals surface area contributed by atoms with Gasteiger partial charge in [-0.15, -0.1) is 0 Å². The smallest absolute Gasteiger partial charge is 0.120 e. The topological polar surface area (TPSA) is 80.9 Å². The third kappa shape index (κ3) is 1.44. The van der Waals surface area contributed by atoms with Gasteiger partial charge in [0.25, 0.3) is 0 Å². The van der Waals surface area contributed by atoms with Crippen LogP contribution in [0.15, 0.2) is 12.2 Å². The number of hydrogen-bond acceptors (Lipinski definition) is 4. The molecule has 0 spiro atoms. The minimum Gasteiger partial charge on any atom is -0.393 e. The standard InChI is InChI=1S/C7H12O4/c8-4-7(11)3-1-2-5(9)6(7)10/h1-2,5-6,8-11H,3-4H2/t5-,6+,7+/m1/s1. The van der Waals surface area contributed by atoms with Crippen molar-refractivity contribution in [2.45, 2.75) is 24.2 Å². The van der Waals surface area contributed by atoms with Gasteiger partial charge in [0.15, 0.2) is 0 Å². The average Bonchev–Trinajstić information content (AvgIpc) is 2.00. The molecule has 0 saturated heterocycles. The molecule has 4 heteroatoms. The van der Waals surface area contributed by atoms with Gasteiger partial charge in [-0.2, -0.15) is 0 Å². The highest BCUT2D eigenvalue weighted by atomic mass is 16.4. The largest absolute Gasteiger partial charge is 0.393 e. The number of aliphatic hydroxyl groups excluding tert-OH is 3. The van der Waals surface area contributed by atoms with Gasteiger partial charge in [-0.1, -0.05) is 12.2 Å². The van der Waals surface area contributed by atoms with Crippen LogP contribution in [-0.2, 0) is 0 Å². The summed E-state index contributed by atoms with van der Waals surface area (Å²) in [5.74, 6) is 0. The van der Waals surface area contributed by atoms with E-state index in [4.69, 9.17) is 10.2 Å². The van der Waals surface area contributed by atoms with E-state index in [1.165, 1.54) is 12.2 Å². The second-order valence-electron chi connectivity index (χ2n) is 2.83. The highest BCUT2D eigenvalue weighted by Gasteiger charge is 2.39. The minimum absolute atomic E-state index is 0.168. The molecule has 4 N–H and O–H groups in total. The van der Waals surface area contributed by atoms with Crippen LogP contribution in [0.4, 0.5) is 0 Å². The predicted molar refractivity (Wildman–Crippen MR) is 37.8 cm³/mol. The minimum atomic E-state index is -1.58. The summed E-state index contributed by atoms with van der Waals surface area (Å²) in [6, 6.07) is 0. The Bertz CT molecular complexity index is 168. The van der Waals surface area contributed by atoms with Crippen molar-refractivity contribution in [3.63, 3.8) is 0 Å². The quantitative estimate of drug-likeness (QED) is 0.348. The Morgan fingerprint density at radius 1 is 1.45 bits per heavy atom. The Hall–Kier alpha value is -0.420. The van der Waals surface area contributed by atoms with Crippen molar-refractivity contribution in [1.29, 1.82) is 0 Å². The van der Waals surface area contributed by atoms with E-state index in [0.717, 1.165) is 0 Å². The molecule has 1 rings (SSSR count). The molecule has 1 aliphatic carbocycles. The summed E-state index contributed by atoms with van der Waals surface area (Å²) in [6.45, 7) is -0.546. The summed E-state index contributed by atoms with van der Waals surface area (Å²) >= 11 is 0. The van der Waals surface area contributed by atoms with Crippen LogP contribution in [0.1, 0.15) is 6.42 Å². The molecule has 0 unspecified atom stereocenters. The molecule has 0 aromatic rings. The average molecular weight is 160 g/mol. The molecule has 0 aromatic heterocycles. The normalized spacial score (nSPS) is 44.4. The lowest BCUT2D eigenvalue weighted by molar-refractivity contribution is -0.139. The monoisotopic (exact) mass is 160 g/mol. The Morgan fingerprint density at radius 3 is 2.55 bits per heavy atom. The highest BCUT2D eigenvalue weighted by molar-refractivity contribution is 5.08. The van der Waals surface area contributed by atoms with Crippen molar-refractivity contribution in [1.82, 2.24) is 0 Å². The Kier molecular flexibility index (Phi) is 2.29. The zero-order valence-corrected chi connectivity index (χ0v) is 6.01. The van der Waals surface area contributed by atoms with Crippen LogP contribution in [-0.4, -0.2) is 44.8 Å². The molecule has 3 atom stereocenters. The first-order chi connectivity index (χ1) is 5.10. The van der Waals surface area contributed by atoms with Crippen LogP contribution in [0.3, 0.4) is 0 Å². The first-order valence-corrected chi connectivity index (χ1v) is 3.46. The zero-order valence-electron chi connectivity index (χ0n) is 6.01. The fourth-order valence-corrected chi connectivity index (χ4v) is 1.11. The van der Waals surface area contributed by atoms with Gasteiger partial charge in [0, 0.05) is 0 Å². The van der Waals surface area contributed by atoms with Crippen LogP contribution in [0, 0.1) is 0 Å². The molecule has 0 radical (unpaired) electrons. The summed E-state index contributed by atoms with van der Waals surface area (Å²) in [5.41, 5.74) is -1.58. The van der Waals surface area contributed by atoms with E-state index in [9.17, 15) is 10.2 Å². The number of hydrogen-bond donors (Lipinski definition) is 4. The summed E-state index contributed by atoms with van der Waals surface area (Å²) in [5, 5.41) is 36.3. The van der Waals surface area contributed by atoms with Gasteiger partial charge in [-0.05, 0) is 6.42 Å². The van der Waals surface area contributed by atoms with Gasteiger partial charge in [-0.25, -0.2) is 0 Å². The lowest BCUT2D eigenvalue weighted by atomic mass is 9.85. The molecule has 0 heterocycles. The number of rotatable bonds is 1. The van der Waals surface area contributed by atoms with Crippen LogP contribution in [0.25, 0.3) is 0 Å². The third-order valence-electron chi connectivity index (χ3n) is 1.95. The van der Waals surface area contributed by atoms with E-state index in [2.05, 4.69) is 0 Å². The van der Waals surface area contributed by atoms with Gasteiger partial charge in [0.1, 0.15) is 17.8 Å². The van der Waals surface area contributed by atoms with Crippen molar-refractivity contribution >= 4 is 0 Å². The third-order valence-corrected chi connectivity index (χ3v) is 1.95. The highest BCUT2D eigenvalue weighted by Crippen LogP contribution is 2.23. The molecule has 0 saturated carbocycles. The van der Waals surface area contributed by atoms with Gasteiger partial charge >= 0.3 is 0 Å². The van der Waals surface area contributed by atoms with Gasteiger partial charge in [0.2, 0.25) is 0 Å². The fourth-order valence-electron chi connectivity index (χ4n) is 1.11. The number of aliphatic hydroxyl groups is 4. The van der Waals surface area contributed by atoms with E-state index in [0.29, 0.717) is 0 Å². The van der Waals surface area contributed by atoms with E-state index < -0.39 is 24.4 Å². The summed E-state index contributed by atoms with van der Waals surface area (Å²) < 4.78 is 0. The summed E-state index contributed by atoms with van der Waals surface area (Å²) in [6.07, 6.45) is 0.725. The van der Waals surface area contributed by atoms with E-state index in [-0.39, 0.29) is 6.42 Å². The molecule has 11 heavy (non-hydrogen) atoms. The zero-order chi connectivity index (χ0) is 8.48. The Morgan fingerprint density at radius 2 is 2.09 bits per heavy atom. The van der Waals surface area contributed by atoms with Gasteiger partial charge in [0.05, 0.1) is 6.61 Å². The SMILES string of the molecule is OC[C@@]1(O)CC=C[C@@H](O)[C@@H]1O. The van der Waals surface area contributed by atoms with Gasteiger partial charge in [-0.3, -0.25) is 0 Å². The Labute approximate surface area is 64.4 Å². The van der Waals surface area contributed by atoms with Crippen molar-refractivity contribution in [3.8, 4) is 0 Å². The van der Waals surface area contributed by atoms with Crippen molar-refractivity contribution in [2.75, 3.05) is 6.61 Å². The van der Waals surface area contributed by atoms with Gasteiger partial charge < -0.3 is 20.4 Å². The maximum Gasteiger partial charge on any atom is 0.120 e. The molecule has 0 bridgehead atoms. The second-order valence-corrected chi connectivity index (χ2v) is 2.83. The van der Waals surface area contributed by atoms with Crippen molar-refractivity contribution in [3.05, 3.63) is 12.2 Å². The predicted octanol–water partition coefficient (Wildman–Crippen LogP) is -1.61. The van der Waals surface area contributed by atoms with Crippen molar-refractivity contribution < 1.29 is 20.4 Å². The van der Waals surface area contributed by atoms with Crippen LogP contribution in [0.5, 0.6) is 0 Å². The molecular formula is C7H12O4. The molecule has 64 valence electrons. The van der Waals surface area contributed by atoms with Crippen LogP contribution >= 0.6 is 0 Å². The summed E-state index contributed by atoms with van der Waals surface area (Å²) in [7, 11) is 0.